The number of carbonyl (C=O) groups excluding carboxylic acids is 1. The van der Waals surface area contributed by atoms with E-state index in [1.54, 1.807) is 18.4 Å². The predicted molar refractivity (Wildman–Crippen MR) is 83.9 cm³/mol. The van der Waals surface area contributed by atoms with Gasteiger partial charge in [-0.2, -0.15) is 0 Å². The van der Waals surface area contributed by atoms with Gasteiger partial charge in [0.1, 0.15) is 10.7 Å². The average Bonchev–Trinajstić information content (AvgIpc) is 2.67. The van der Waals surface area contributed by atoms with Crippen molar-refractivity contribution in [2.45, 2.75) is 44.9 Å². The lowest BCUT2D eigenvalue weighted by atomic mass is 10.1. The fourth-order valence-electron chi connectivity index (χ4n) is 2.86. The van der Waals surface area contributed by atoms with Gasteiger partial charge in [0, 0.05) is 24.8 Å². The molecule has 1 aliphatic carbocycles. The van der Waals surface area contributed by atoms with E-state index in [2.05, 4.69) is 15.3 Å². The van der Waals surface area contributed by atoms with Crippen molar-refractivity contribution in [3.05, 3.63) is 26.6 Å². The van der Waals surface area contributed by atoms with Crippen LogP contribution < -0.4 is 10.9 Å². The number of nitrogens with zero attached hydrogens (tertiary/aromatic N) is 1. The Hall–Kier alpha value is -1.69. The number of fused-ring (bicyclic) bond motifs is 3. The molecule has 3 rings (SSSR count). The SMILES string of the molecule is CNC(=O)CCc1nc2sc3c(c2c(=O)[nH]1)CCCCC3. The molecule has 21 heavy (non-hydrogen) atoms. The highest BCUT2D eigenvalue weighted by Gasteiger charge is 2.18. The van der Waals surface area contributed by atoms with Gasteiger partial charge in [-0.3, -0.25) is 9.59 Å². The number of nitrogens with one attached hydrogen (secondary N) is 2. The first-order valence-electron chi connectivity index (χ1n) is 7.43. The number of thiophene rings is 1. The minimum atomic E-state index is -0.0497. The number of aromatic amines is 1. The second kappa shape index (κ2) is 5.97. The molecule has 2 aromatic heterocycles. The number of carbonyl (C=O) groups is 1. The number of hydrogen-bond donors (Lipinski definition) is 2. The van der Waals surface area contributed by atoms with E-state index in [-0.39, 0.29) is 11.5 Å². The van der Waals surface area contributed by atoms with Crippen molar-refractivity contribution in [1.29, 1.82) is 0 Å². The van der Waals surface area contributed by atoms with Gasteiger partial charge < -0.3 is 10.3 Å². The van der Waals surface area contributed by atoms with Gasteiger partial charge in [0.15, 0.2) is 0 Å². The van der Waals surface area contributed by atoms with E-state index in [9.17, 15) is 9.59 Å². The number of aryl methyl sites for hydroxylation is 3. The predicted octanol–water partition coefficient (Wildman–Crippen LogP) is 1.93. The standard InChI is InChI=1S/C15H19N3O2S/c1-16-12(19)8-7-11-17-14(20)13-9-5-3-2-4-6-10(9)21-15(13)18-11/h2-8H2,1H3,(H,16,19)(H,17,18,20). The number of hydrogen-bond acceptors (Lipinski definition) is 4. The molecule has 2 aromatic rings. The van der Waals surface area contributed by atoms with Crippen LogP contribution in [0.4, 0.5) is 0 Å². The van der Waals surface area contributed by atoms with E-state index in [1.807, 2.05) is 0 Å². The molecule has 5 nitrogen and oxygen atoms in total. The van der Waals surface area contributed by atoms with Crippen LogP contribution in [0.15, 0.2) is 4.79 Å². The Morgan fingerprint density at radius 2 is 2.14 bits per heavy atom. The fourth-order valence-corrected chi connectivity index (χ4v) is 4.14. The van der Waals surface area contributed by atoms with Crippen LogP contribution in [-0.4, -0.2) is 22.9 Å². The monoisotopic (exact) mass is 305 g/mol. The first-order valence-corrected chi connectivity index (χ1v) is 8.24. The molecule has 0 saturated carbocycles. The van der Waals surface area contributed by atoms with Crippen LogP contribution in [0.1, 0.15) is 41.9 Å². The summed E-state index contributed by atoms with van der Waals surface area (Å²) >= 11 is 1.65. The highest BCUT2D eigenvalue weighted by molar-refractivity contribution is 7.18. The van der Waals surface area contributed by atoms with Crippen molar-refractivity contribution < 1.29 is 4.79 Å². The quantitative estimate of drug-likeness (QED) is 0.851. The molecule has 0 unspecified atom stereocenters. The Morgan fingerprint density at radius 1 is 1.33 bits per heavy atom. The lowest BCUT2D eigenvalue weighted by molar-refractivity contribution is -0.120. The Kier molecular flexibility index (Phi) is 4.05. The van der Waals surface area contributed by atoms with Crippen LogP contribution in [0, 0.1) is 0 Å². The molecule has 0 aliphatic heterocycles. The van der Waals surface area contributed by atoms with Gasteiger partial charge in [-0.15, -0.1) is 11.3 Å². The summed E-state index contributed by atoms with van der Waals surface area (Å²) in [6.07, 6.45) is 6.43. The van der Waals surface area contributed by atoms with E-state index in [4.69, 9.17) is 0 Å². The Balaban J connectivity index is 1.97. The van der Waals surface area contributed by atoms with E-state index < -0.39 is 0 Å². The van der Waals surface area contributed by atoms with Crippen LogP contribution >= 0.6 is 11.3 Å². The molecule has 2 heterocycles. The van der Waals surface area contributed by atoms with Gasteiger partial charge in [-0.1, -0.05) is 6.42 Å². The normalized spacial score (nSPS) is 14.7. The summed E-state index contributed by atoms with van der Waals surface area (Å²) in [5.41, 5.74) is 1.16. The van der Waals surface area contributed by atoms with Gasteiger partial charge in [0.25, 0.3) is 5.56 Å². The van der Waals surface area contributed by atoms with Crippen molar-refractivity contribution in [2.24, 2.45) is 0 Å². The number of amides is 1. The molecule has 112 valence electrons. The van der Waals surface area contributed by atoms with Crippen LogP contribution in [0.3, 0.4) is 0 Å². The molecular formula is C15H19N3O2S. The lowest BCUT2D eigenvalue weighted by Gasteiger charge is -2.01. The Bertz CT molecular complexity index is 732. The molecule has 0 atom stereocenters. The van der Waals surface area contributed by atoms with Gasteiger partial charge >= 0.3 is 0 Å². The summed E-state index contributed by atoms with van der Waals surface area (Å²) in [5.74, 6) is 0.562. The lowest BCUT2D eigenvalue weighted by Crippen LogP contribution is -2.19. The summed E-state index contributed by atoms with van der Waals surface area (Å²) in [6.45, 7) is 0. The largest absolute Gasteiger partial charge is 0.359 e. The molecular weight excluding hydrogens is 286 g/mol. The number of aromatic nitrogens is 2. The maximum Gasteiger partial charge on any atom is 0.259 e. The van der Waals surface area contributed by atoms with Gasteiger partial charge in [0.2, 0.25) is 5.91 Å². The maximum atomic E-state index is 12.4. The first kappa shape index (κ1) is 14.3. The van der Waals surface area contributed by atoms with Gasteiger partial charge in [-0.25, -0.2) is 4.98 Å². The van der Waals surface area contributed by atoms with Crippen molar-refractivity contribution in [2.75, 3.05) is 7.05 Å². The highest BCUT2D eigenvalue weighted by Crippen LogP contribution is 2.32. The zero-order valence-electron chi connectivity index (χ0n) is 12.1. The molecule has 0 bridgehead atoms. The number of H-pyrrole nitrogens is 1. The second-order valence-corrected chi connectivity index (χ2v) is 6.51. The zero-order valence-corrected chi connectivity index (χ0v) is 12.9. The number of rotatable bonds is 3. The average molecular weight is 305 g/mol. The van der Waals surface area contributed by atoms with E-state index in [1.165, 1.54) is 23.3 Å². The third-order valence-electron chi connectivity index (χ3n) is 3.99. The van der Waals surface area contributed by atoms with Crippen LogP contribution in [0.2, 0.25) is 0 Å². The Labute approximate surface area is 126 Å². The fraction of sp³-hybridized carbons (Fsp3) is 0.533. The molecule has 0 fully saturated rings. The van der Waals surface area contributed by atoms with Crippen molar-refractivity contribution in [3.63, 3.8) is 0 Å². The van der Waals surface area contributed by atoms with E-state index in [0.29, 0.717) is 18.7 Å². The summed E-state index contributed by atoms with van der Waals surface area (Å²) in [4.78, 5) is 33.2. The third kappa shape index (κ3) is 2.85. The van der Waals surface area contributed by atoms with Crippen molar-refractivity contribution in [3.8, 4) is 0 Å². The van der Waals surface area contributed by atoms with Crippen LogP contribution in [0.5, 0.6) is 0 Å². The molecule has 6 heteroatoms. The van der Waals surface area contributed by atoms with Crippen LogP contribution in [-0.2, 0) is 24.1 Å². The summed E-state index contributed by atoms with van der Waals surface area (Å²) in [7, 11) is 1.61. The highest BCUT2D eigenvalue weighted by atomic mass is 32.1. The maximum absolute atomic E-state index is 12.4. The zero-order chi connectivity index (χ0) is 14.8. The molecule has 0 spiro atoms. The second-order valence-electron chi connectivity index (χ2n) is 5.43. The third-order valence-corrected chi connectivity index (χ3v) is 5.18. The minimum Gasteiger partial charge on any atom is -0.359 e. The minimum absolute atomic E-state index is 0.0419. The first-order chi connectivity index (χ1) is 10.2. The van der Waals surface area contributed by atoms with Gasteiger partial charge in [-0.05, 0) is 31.2 Å². The smallest absolute Gasteiger partial charge is 0.259 e. The summed E-state index contributed by atoms with van der Waals surface area (Å²) in [5, 5.41) is 3.36. The Morgan fingerprint density at radius 3 is 2.95 bits per heavy atom. The van der Waals surface area contributed by atoms with Crippen LogP contribution in [0.25, 0.3) is 10.2 Å². The molecule has 0 aromatic carbocycles. The molecule has 0 radical (unpaired) electrons. The van der Waals surface area contributed by atoms with Gasteiger partial charge in [0.05, 0.1) is 5.39 Å². The summed E-state index contributed by atoms with van der Waals surface area (Å²) in [6, 6.07) is 0. The van der Waals surface area contributed by atoms with E-state index >= 15 is 0 Å². The van der Waals surface area contributed by atoms with E-state index in [0.717, 1.165) is 29.5 Å². The van der Waals surface area contributed by atoms with Crippen molar-refractivity contribution in [1.82, 2.24) is 15.3 Å². The molecule has 1 amide bonds. The van der Waals surface area contributed by atoms with Crippen molar-refractivity contribution >= 4 is 27.5 Å². The topological polar surface area (TPSA) is 74.8 Å². The summed E-state index contributed by atoms with van der Waals surface area (Å²) < 4.78 is 0. The molecule has 0 saturated heterocycles. The molecule has 2 N–H and O–H groups in total. The molecule has 1 aliphatic rings.